The van der Waals surface area contributed by atoms with Crippen molar-refractivity contribution in [2.45, 2.75) is 57.0 Å². The van der Waals surface area contributed by atoms with E-state index in [9.17, 15) is 8.42 Å². The van der Waals surface area contributed by atoms with Crippen molar-refractivity contribution in [3.63, 3.8) is 0 Å². The Morgan fingerprint density at radius 1 is 1.25 bits per heavy atom. The first-order valence-electron chi connectivity index (χ1n) is 7.14. The molecule has 2 rings (SSSR count). The van der Waals surface area contributed by atoms with Gasteiger partial charge in [-0.1, -0.05) is 38.8 Å². The summed E-state index contributed by atoms with van der Waals surface area (Å²) in [5, 5.41) is 8.70. The van der Waals surface area contributed by atoms with Crippen LogP contribution in [-0.4, -0.2) is 14.5 Å². The van der Waals surface area contributed by atoms with Crippen LogP contribution in [0.25, 0.3) is 0 Å². The predicted octanol–water partition coefficient (Wildman–Crippen LogP) is 2.39. The van der Waals surface area contributed by atoms with Crippen molar-refractivity contribution in [3.8, 4) is 0 Å². The third kappa shape index (κ3) is 3.81. The van der Waals surface area contributed by atoms with Crippen molar-refractivity contribution in [2.75, 3.05) is 0 Å². The molecule has 1 aliphatic rings. The van der Waals surface area contributed by atoms with E-state index in [4.69, 9.17) is 5.14 Å². The van der Waals surface area contributed by atoms with Crippen LogP contribution in [0.15, 0.2) is 29.2 Å². The summed E-state index contributed by atoms with van der Waals surface area (Å²) in [7, 11) is -3.59. The Balaban J connectivity index is 1.97. The first kappa shape index (κ1) is 15.5. The molecule has 4 nitrogen and oxygen atoms in total. The third-order valence-electron chi connectivity index (χ3n) is 4.31. The summed E-state index contributed by atoms with van der Waals surface area (Å²) in [6, 6.07) is 7.30. The van der Waals surface area contributed by atoms with Crippen molar-refractivity contribution in [1.29, 1.82) is 0 Å². The molecular weight excluding hydrogens is 272 g/mol. The lowest BCUT2D eigenvalue weighted by atomic mass is 9.73. The first-order chi connectivity index (χ1) is 9.29. The molecule has 0 bridgehead atoms. The van der Waals surface area contributed by atoms with Crippen LogP contribution in [0.2, 0.25) is 0 Å². The van der Waals surface area contributed by atoms with Crippen molar-refractivity contribution in [2.24, 2.45) is 10.6 Å². The maximum atomic E-state index is 11.2. The third-order valence-corrected chi connectivity index (χ3v) is 5.24. The average Bonchev–Trinajstić information content (AvgIpc) is 2.36. The molecule has 0 aromatic heterocycles. The second-order valence-corrected chi connectivity index (χ2v) is 7.92. The van der Waals surface area contributed by atoms with Crippen LogP contribution < -0.4 is 10.5 Å². The van der Waals surface area contributed by atoms with Gasteiger partial charge < -0.3 is 5.32 Å². The molecule has 0 spiro atoms. The van der Waals surface area contributed by atoms with Gasteiger partial charge in [-0.3, -0.25) is 0 Å². The molecule has 1 aromatic carbocycles. The molecule has 0 amide bonds. The number of hydrogen-bond acceptors (Lipinski definition) is 3. The number of benzene rings is 1. The summed E-state index contributed by atoms with van der Waals surface area (Å²) in [4.78, 5) is 0.166. The van der Waals surface area contributed by atoms with E-state index in [0.717, 1.165) is 12.1 Å². The van der Waals surface area contributed by atoms with Crippen LogP contribution in [0.1, 0.15) is 45.1 Å². The lowest BCUT2D eigenvalue weighted by molar-refractivity contribution is 0.167. The molecule has 1 unspecified atom stereocenters. The first-order valence-corrected chi connectivity index (χ1v) is 8.69. The molecule has 1 aliphatic carbocycles. The molecule has 112 valence electrons. The highest BCUT2D eigenvalue weighted by Gasteiger charge is 2.31. The zero-order valence-corrected chi connectivity index (χ0v) is 13.0. The maximum absolute atomic E-state index is 11.2. The molecule has 1 aromatic rings. The monoisotopic (exact) mass is 296 g/mol. The molecule has 0 radical (unpaired) electrons. The van der Waals surface area contributed by atoms with Crippen LogP contribution in [0.3, 0.4) is 0 Å². The van der Waals surface area contributed by atoms with E-state index in [-0.39, 0.29) is 4.90 Å². The molecule has 0 saturated heterocycles. The Labute approximate surface area is 121 Å². The van der Waals surface area contributed by atoms with E-state index in [2.05, 4.69) is 19.2 Å². The minimum absolute atomic E-state index is 0.166. The average molecular weight is 296 g/mol. The molecule has 1 saturated carbocycles. The number of primary sulfonamides is 1. The van der Waals surface area contributed by atoms with E-state index >= 15 is 0 Å². The predicted molar refractivity (Wildman–Crippen MR) is 80.7 cm³/mol. The van der Waals surface area contributed by atoms with Gasteiger partial charge in [-0.25, -0.2) is 13.6 Å². The molecule has 3 N–H and O–H groups in total. The second kappa shape index (κ2) is 5.84. The van der Waals surface area contributed by atoms with Crippen molar-refractivity contribution in [1.82, 2.24) is 5.32 Å². The van der Waals surface area contributed by atoms with Crippen LogP contribution in [-0.2, 0) is 16.6 Å². The summed E-state index contributed by atoms with van der Waals surface area (Å²) in [6.07, 6.45) is 5.07. The fourth-order valence-corrected chi connectivity index (χ4v) is 3.43. The molecule has 5 heteroatoms. The van der Waals surface area contributed by atoms with Gasteiger partial charge >= 0.3 is 0 Å². The fraction of sp³-hybridized carbons (Fsp3) is 0.600. The number of nitrogens with one attached hydrogen (secondary N) is 1. The number of rotatable bonds is 4. The minimum atomic E-state index is -3.59. The fourth-order valence-electron chi connectivity index (χ4n) is 2.91. The Kier molecular flexibility index (Phi) is 4.52. The summed E-state index contributed by atoms with van der Waals surface area (Å²) >= 11 is 0. The highest BCUT2D eigenvalue weighted by molar-refractivity contribution is 7.89. The van der Waals surface area contributed by atoms with Crippen LogP contribution in [0, 0.1) is 5.41 Å². The van der Waals surface area contributed by atoms with Crippen molar-refractivity contribution in [3.05, 3.63) is 29.8 Å². The largest absolute Gasteiger partial charge is 0.309 e. The normalized spacial score (nSPS) is 22.6. The Hall–Kier alpha value is -0.910. The molecule has 0 aliphatic heterocycles. The summed E-state index contributed by atoms with van der Waals surface area (Å²) in [5.74, 6) is 0. The van der Waals surface area contributed by atoms with Gasteiger partial charge in [-0.15, -0.1) is 0 Å². The van der Waals surface area contributed by atoms with Gasteiger partial charge in [0.1, 0.15) is 0 Å². The summed E-state index contributed by atoms with van der Waals surface area (Å²) in [5.41, 5.74) is 1.41. The standard InChI is InChI=1S/C15H24N2O2S/c1-15(2)10-4-3-5-14(15)17-11-12-6-8-13(9-7-12)20(16,18)19/h6-9,14,17H,3-5,10-11H2,1-2H3,(H2,16,18,19). The van der Waals surface area contributed by atoms with E-state index in [1.165, 1.54) is 25.7 Å². The SMILES string of the molecule is CC1(C)CCCCC1NCc1ccc(S(N)(=O)=O)cc1. The Morgan fingerprint density at radius 2 is 1.90 bits per heavy atom. The molecule has 0 heterocycles. The van der Waals surface area contributed by atoms with Crippen LogP contribution in [0.4, 0.5) is 0 Å². The summed E-state index contributed by atoms with van der Waals surface area (Å²) in [6.45, 7) is 5.39. The van der Waals surface area contributed by atoms with E-state index in [1.54, 1.807) is 12.1 Å². The minimum Gasteiger partial charge on any atom is -0.309 e. The molecule has 20 heavy (non-hydrogen) atoms. The topological polar surface area (TPSA) is 72.2 Å². The lowest BCUT2D eigenvalue weighted by Crippen LogP contribution is -2.43. The lowest BCUT2D eigenvalue weighted by Gasteiger charge is -2.39. The quantitative estimate of drug-likeness (QED) is 0.896. The van der Waals surface area contributed by atoms with E-state index < -0.39 is 10.0 Å². The number of sulfonamides is 1. The van der Waals surface area contributed by atoms with Gasteiger partial charge in [0.15, 0.2) is 0 Å². The van der Waals surface area contributed by atoms with Gasteiger partial charge in [0.25, 0.3) is 0 Å². The second-order valence-electron chi connectivity index (χ2n) is 6.36. The van der Waals surface area contributed by atoms with Gasteiger partial charge in [0.2, 0.25) is 10.0 Å². The number of nitrogens with two attached hydrogens (primary N) is 1. The molecular formula is C15H24N2O2S. The summed E-state index contributed by atoms with van der Waals surface area (Å²) < 4.78 is 22.4. The van der Waals surface area contributed by atoms with E-state index in [1.807, 2.05) is 12.1 Å². The van der Waals surface area contributed by atoms with Gasteiger partial charge in [0.05, 0.1) is 4.90 Å². The van der Waals surface area contributed by atoms with Gasteiger partial charge in [0, 0.05) is 12.6 Å². The van der Waals surface area contributed by atoms with Gasteiger partial charge in [-0.2, -0.15) is 0 Å². The highest BCUT2D eigenvalue weighted by atomic mass is 32.2. The number of hydrogen-bond donors (Lipinski definition) is 2. The maximum Gasteiger partial charge on any atom is 0.238 e. The zero-order chi connectivity index (χ0) is 14.8. The Bertz CT molecular complexity index is 550. The molecule has 1 fully saturated rings. The van der Waals surface area contributed by atoms with Crippen LogP contribution in [0.5, 0.6) is 0 Å². The van der Waals surface area contributed by atoms with Crippen LogP contribution >= 0.6 is 0 Å². The van der Waals surface area contributed by atoms with E-state index in [0.29, 0.717) is 11.5 Å². The smallest absolute Gasteiger partial charge is 0.238 e. The molecule has 1 atom stereocenters. The van der Waals surface area contributed by atoms with Gasteiger partial charge in [-0.05, 0) is 36.0 Å². The van der Waals surface area contributed by atoms with Crippen molar-refractivity contribution < 1.29 is 8.42 Å². The highest BCUT2D eigenvalue weighted by Crippen LogP contribution is 2.35. The Morgan fingerprint density at radius 3 is 2.45 bits per heavy atom. The zero-order valence-electron chi connectivity index (χ0n) is 12.2. The van der Waals surface area contributed by atoms with Crippen molar-refractivity contribution >= 4 is 10.0 Å².